The second kappa shape index (κ2) is 6.71. The maximum atomic E-state index is 12.7. The summed E-state index contributed by atoms with van der Waals surface area (Å²) in [6.45, 7) is 6.41. The van der Waals surface area contributed by atoms with E-state index in [0.717, 1.165) is 54.1 Å². The molecule has 2 aromatic rings. The molecular formula is C21H26N4O. The van der Waals surface area contributed by atoms with Gasteiger partial charge in [-0.3, -0.25) is 0 Å². The fraction of sp³-hybridized carbons (Fsp3) is 0.476. The van der Waals surface area contributed by atoms with Crippen molar-refractivity contribution >= 4 is 11.7 Å². The van der Waals surface area contributed by atoms with E-state index in [2.05, 4.69) is 29.1 Å². The van der Waals surface area contributed by atoms with Gasteiger partial charge in [-0.05, 0) is 62.3 Å². The lowest BCUT2D eigenvalue weighted by atomic mass is 9.74. The number of rotatable bonds is 3. The van der Waals surface area contributed by atoms with Crippen molar-refractivity contribution in [3.63, 3.8) is 0 Å². The van der Waals surface area contributed by atoms with Crippen molar-refractivity contribution in [1.82, 2.24) is 14.9 Å². The summed E-state index contributed by atoms with van der Waals surface area (Å²) in [6.07, 6.45) is 6.09. The highest BCUT2D eigenvalue weighted by Gasteiger charge is 2.46. The number of fused-ring (bicyclic) bond motifs is 2. The number of carbonyl (C=O) groups is 1. The molecular weight excluding hydrogens is 324 g/mol. The van der Waals surface area contributed by atoms with Crippen molar-refractivity contribution in [2.45, 2.75) is 58.5 Å². The zero-order valence-electron chi connectivity index (χ0n) is 15.7. The zero-order chi connectivity index (χ0) is 18.3. The lowest BCUT2D eigenvalue weighted by Gasteiger charge is -2.54. The monoisotopic (exact) mass is 350 g/mol. The van der Waals surface area contributed by atoms with Crippen molar-refractivity contribution in [2.24, 2.45) is 5.92 Å². The Morgan fingerprint density at radius 1 is 1.23 bits per heavy atom. The maximum Gasteiger partial charge on any atom is 0.322 e. The Morgan fingerprint density at radius 2 is 2.00 bits per heavy atom. The van der Waals surface area contributed by atoms with Crippen LogP contribution in [0.5, 0.6) is 0 Å². The molecule has 2 fully saturated rings. The van der Waals surface area contributed by atoms with Crippen LogP contribution in [0.15, 0.2) is 30.5 Å². The van der Waals surface area contributed by atoms with Crippen molar-refractivity contribution < 1.29 is 4.79 Å². The molecule has 1 N–H and O–H groups in total. The van der Waals surface area contributed by atoms with Gasteiger partial charge < -0.3 is 10.2 Å². The third kappa shape index (κ3) is 3.06. The number of carbonyl (C=O) groups excluding carboxylic acids is 1. The number of aromatic nitrogens is 2. The number of benzene rings is 1. The van der Waals surface area contributed by atoms with Gasteiger partial charge in [0.15, 0.2) is 5.82 Å². The van der Waals surface area contributed by atoms with E-state index in [1.165, 1.54) is 0 Å². The van der Waals surface area contributed by atoms with Crippen LogP contribution in [0.25, 0.3) is 11.4 Å². The first-order valence-corrected chi connectivity index (χ1v) is 9.57. The molecule has 2 aliphatic rings. The number of aryl methyl sites for hydroxylation is 2. The molecule has 0 spiro atoms. The van der Waals surface area contributed by atoms with Crippen molar-refractivity contribution in [2.75, 3.05) is 5.32 Å². The quantitative estimate of drug-likeness (QED) is 0.891. The Hall–Kier alpha value is -2.43. The van der Waals surface area contributed by atoms with E-state index < -0.39 is 0 Å². The van der Waals surface area contributed by atoms with E-state index in [1.807, 2.05) is 36.1 Å². The van der Waals surface area contributed by atoms with E-state index in [9.17, 15) is 4.79 Å². The summed E-state index contributed by atoms with van der Waals surface area (Å²) in [5, 5.41) is 3.08. The van der Waals surface area contributed by atoms with Gasteiger partial charge >= 0.3 is 6.03 Å². The minimum Gasteiger partial charge on any atom is -0.318 e. The summed E-state index contributed by atoms with van der Waals surface area (Å²) in [5.41, 5.74) is 3.90. The van der Waals surface area contributed by atoms with Gasteiger partial charge in [-0.2, -0.15) is 0 Å². The summed E-state index contributed by atoms with van der Waals surface area (Å²) in [5.74, 6) is 1.45. The molecule has 2 saturated heterocycles. The molecule has 0 aliphatic carbocycles. The number of anilines is 1. The van der Waals surface area contributed by atoms with E-state index >= 15 is 0 Å². The number of hydrogen-bond donors (Lipinski definition) is 1. The number of nitrogens with zero attached hydrogens (tertiary/aromatic N) is 3. The van der Waals surface area contributed by atoms with Crippen LogP contribution in [0.1, 0.15) is 44.4 Å². The van der Waals surface area contributed by atoms with Crippen molar-refractivity contribution in [3.8, 4) is 11.4 Å². The summed E-state index contributed by atoms with van der Waals surface area (Å²) < 4.78 is 0. The number of piperidine rings is 1. The van der Waals surface area contributed by atoms with Crippen LogP contribution >= 0.6 is 0 Å². The van der Waals surface area contributed by atoms with Crippen LogP contribution in [-0.4, -0.2) is 33.0 Å². The molecule has 4 rings (SSSR count). The number of urea groups is 1. The number of nitrogens with one attached hydrogen (secondary N) is 1. The largest absolute Gasteiger partial charge is 0.322 e. The van der Waals surface area contributed by atoms with Crippen LogP contribution < -0.4 is 5.32 Å². The molecule has 5 nitrogen and oxygen atoms in total. The average Bonchev–Trinajstić information content (AvgIpc) is 2.63. The fourth-order valence-electron chi connectivity index (χ4n) is 4.33. The molecule has 1 aromatic heterocycles. The minimum absolute atomic E-state index is 0.0242. The Labute approximate surface area is 154 Å². The Bertz CT molecular complexity index is 823. The third-order valence-electron chi connectivity index (χ3n) is 5.72. The Morgan fingerprint density at radius 3 is 2.73 bits per heavy atom. The zero-order valence-corrected chi connectivity index (χ0v) is 15.7. The predicted octanol–water partition coefficient (Wildman–Crippen LogP) is 4.42. The minimum atomic E-state index is 0.0242. The lowest BCUT2D eigenvalue weighted by Crippen LogP contribution is -2.63. The van der Waals surface area contributed by atoms with Crippen LogP contribution in [0, 0.1) is 12.8 Å². The van der Waals surface area contributed by atoms with Gasteiger partial charge in [-0.1, -0.05) is 19.9 Å². The molecule has 0 saturated carbocycles. The summed E-state index contributed by atoms with van der Waals surface area (Å²) in [7, 11) is 0. The van der Waals surface area contributed by atoms with Gasteiger partial charge in [0.05, 0.1) is 0 Å². The first-order chi connectivity index (χ1) is 12.5. The smallest absolute Gasteiger partial charge is 0.318 e. The van der Waals surface area contributed by atoms with Gasteiger partial charge in [-0.15, -0.1) is 0 Å². The maximum absolute atomic E-state index is 12.7. The Kier molecular flexibility index (Phi) is 4.39. The normalized spacial score (nSPS) is 24.1. The summed E-state index contributed by atoms with van der Waals surface area (Å²) >= 11 is 0. The number of amides is 2. The second-order valence-electron chi connectivity index (χ2n) is 7.71. The van der Waals surface area contributed by atoms with Crippen LogP contribution in [0.4, 0.5) is 10.5 Å². The molecule has 3 heterocycles. The highest BCUT2D eigenvalue weighted by molar-refractivity contribution is 5.91. The highest BCUT2D eigenvalue weighted by atomic mass is 16.2. The van der Waals surface area contributed by atoms with Crippen LogP contribution in [-0.2, 0) is 6.42 Å². The first-order valence-electron chi connectivity index (χ1n) is 9.57. The lowest BCUT2D eigenvalue weighted by molar-refractivity contribution is -0.00600. The predicted molar refractivity (Wildman–Crippen MR) is 103 cm³/mol. The molecule has 2 aliphatic heterocycles. The van der Waals surface area contributed by atoms with E-state index in [0.29, 0.717) is 17.9 Å². The van der Waals surface area contributed by atoms with Gasteiger partial charge in [0.2, 0.25) is 0 Å². The Balaban J connectivity index is 1.54. The fourth-order valence-corrected chi connectivity index (χ4v) is 4.33. The first kappa shape index (κ1) is 17.0. The van der Waals surface area contributed by atoms with Gasteiger partial charge in [0, 0.05) is 35.2 Å². The number of hydrogen-bond acceptors (Lipinski definition) is 3. The molecule has 2 amide bonds. The van der Waals surface area contributed by atoms with Gasteiger partial charge in [0.25, 0.3) is 0 Å². The molecule has 3 atom stereocenters. The molecule has 2 bridgehead atoms. The molecule has 136 valence electrons. The van der Waals surface area contributed by atoms with E-state index in [4.69, 9.17) is 0 Å². The molecule has 1 aromatic carbocycles. The molecule has 2 unspecified atom stereocenters. The van der Waals surface area contributed by atoms with Crippen molar-refractivity contribution in [3.05, 3.63) is 41.7 Å². The topological polar surface area (TPSA) is 58.1 Å². The van der Waals surface area contributed by atoms with Crippen LogP contribution in [0.3, 0.4) is 0 Å². The summed E-state index contributed by atoms with van der Waals surface area (Å²) in [6, 6.07) is 8.76. The molecule has 26 heavy (non-hydrogen) atoms. The third-order valence-corrected chi connectivity index (χ3v) is 5.72. The van der Waals surface area contributed by atoms with Crippen LogP contribution in [0.2, 0.25) is 0 Å². The molecule has 5 heteroatoms. The summed E-state index contributed by atoms with van der Waals surface area (Å²) in [4.78, 5) is 23.8. The SMILES string of the molecule is CCc1ccnc(-c2cc(NC(=O)N3C4CC(C)C[C@H]3C4)ccc2C)n1. The van der Waals surface area contributed by atoms with E-state index in [1.54, 1.807) is 6.20 Å². The van der Waals surface area contributed by atoms with Gasteiger partial charge in [0.1, 0.15) is 0 Å². The van der Waals surface area contributed by atoms with Gasteiger partial charge in [-0.25, -0.2) is 14.8 Å². The highest BCUT2D eigenvalue weighted by Crippen LogP contribution is 2.41. The second-order valence-corrected chi connectivity index (χ2v) is 7.71. The van der Waals surface area contributed by atoms with E-state index in [-0.39, 0.29) is 6.03 Å². The standard InChI is InChI=1S/C21H26N4O/c1-4-15-7-8-22-20(23-15)19-11-16(6-5-14(19)3)24-21(26)25-17-9-13(2)10-18(25)12-17/h5-8,11,13,17-18H,4,9-10,12H2,1-3H3,(H,24,26)/t13?,17-,18?/m0/s1. The average molecular weight is 350 g/mol. The molecule has 0 radical (unpaired) electrons. The van der Waals surface area contributed by atoms with Crippen molar-refractivity contribution in [1.29, 1.82) is 0 Å².